The summed E-state index contributed by atoms with van der Waals surface area (Å²) in [4.78, 5) is 5.13. The van der Waals surface area contributed by atoms with Gasteiger partial charge in [0.1, 0.15) is 0 Å². The summed E-state index contributed by atoms with van der Waals surface area (Å²) >= 11 is 0. The fourth-order valence-electron chi connectivity index (χ4n) is 3.00. The number of hydrogen-bond donors (Lipinski definition) is 1. The first-order valence-electron chi connectivity index (χ1n) is 6.42. The molecule has 3 heteroatoms. The number of hydrogen-bond acceptors (Lipinski definition) is 3. The number of likely N-dealkylation sites (N-methyl/N-ethyl adjacent to an activating group) is 1. The molecule has 0 aromatic carbocycles. The third kappa shape index (κ3) is 2.92. The molecule has 1 heterocycles. The first-order valence-corrected chi connectivity index (χ1v) is 6.42. The lowest BCUT2D eigenvalue weighted by atomic mass is 9.85. The third-order valence-electron chi connectivity index (χ3n) is 4.14. The van der Waals surface area contributed by atoms with E-state index in [1.165, 1.54) is 51.9 Å². The van der Waals surface area contributed by atoms with Crippen LogP contribution in [0.25, 0.3) is 0 Å². The largest absolute Gasteiger partial charge is 0.330 e. The molecule has 2 fully saturated rings. The maximum absolute atomic E-state index is 5.79. The van der Waals surface area contributed by atoms with Gasteiger partial charge < -0.3 is 10.6 Å². The summed E-state index contributed by atoms with van der Waals surface area (Å²) in [5.41, 5.74) is 5.79. The molecule has 2 rings (SSSR count). The lowest BCUT2D eigenvalue weighted by Gasteiger charge is -2.41. The van der Waals surface area contributed by atoms with Crippen molar-refractivity contribution in [2.24, 2.45) is 11.7 Å². The van der Waals surface area contributed by atoms with Gasteiger partial charge in [-0.1, -0.05) is 6.42 Å². The molecular formula is C12H25N3. The monoisotopic (exact) mass is 211 g/mol. The first kappa shape index (κ1) is 11.4. The molecule has 88 valence electrons. The van der Waals surface area contributed by atoms with E-state index in [1.807, 2.05) is 0 Å². The Morgan fingerprint density at radius 1 is 1.13 bits per heavy atom. The van der Waals surface area contributed by atoms with Crippen LogP contribution in [0.15, 0.2) is 0 Å². The molecule has 1 aliphatic heterocycles. The van der Waals surface area contributed by atoms with Crippen LogP contribution in [0.2, 0.25) is 0 Å². The van der Waals surface area contributed by atoms with Gasteiger partial charge >= 0.3 is 0 Å². The molecule has 2 atom stereocenters. The molecule has 3 nitrogen and oxygen atoms in total. The van der Waals surface area contributed by atoms with Gasteiger partial charge in [-0.3, -0.25) is 4.90 Å². The van der Waals surface area contributed by atoms with Gasteiger partial charge in [-0.05, 0) is 38.8 Å². The lowest BCUT2D eigenvalue weighted by Crippen LogP contribution is -2.50. The van der Waals surface area contributed by atoms with Gasteiger partial charge in [-0.15, -0.1) is 0 Å². The molecule has 1 aliphatic carbocycles. The van der Waals surface area contributed by atoms with Gasteiger partial charge in [-0.2, -0.15) is 0 Å². The molecule has 0 amide bonds. The highest BCUT2D eigenvalue weighted by molar-refractivity contribution is 4.83. The third-order valence-corrected chi connectivity index (χ3v) is 4.14. The molecule has 0 aromatic heterocycles. The Hall–Kier alpha value is -0.120. The topological polar surface area (TPSA) is 32.5 Å². The number of nitrogens with two attached hydrogens (primary N) is 1. The first-order chi connectivity index (χ1) is 7.29. The average Bonchev–Trinajstić information content (AvgIpc) is 2.30. The van der Waals surface area contributed by atoms with Gasteiger partial charge in [0.15, 0.2) is 0 Å². The van der Waals surface area contributed by atoms with Crippen LogP contribution in [0.3, 0.4) is 0 Å². The highest BCUT2D eigenvalue weighted by Gasteiger charge is 2.27. The minimum atomic E-state index is 0.795. The van der Waals surface area contributed by atoms with Crippen LogP contribution in [-0.4, -0.2) is 55.6 Å². The van der Waals surface area contributed by atoms with Crippen molar-refractivity contribution in [3.8, 4) is 0 Å². The van der Waals surface area contributed by atoms with E-state index in [2.05, 4.69) is 16.8 Å². The van der Waals surface area contributed by atoms with E-state index in [-0.39, 0.29) is 0 Å². The Morgan fingerprint density at radius 2 is 1.87 bits per heavy atom. The summed E-state index contributed by atoms with van der Waals surface area (Å²) in [6.07, 6.45) is 5.50. The molecule has 15 heavy (non-hydrogen) atoms. The van der Waals surface area contributed by atoms with E-state index in [1.54, 1.807) is 0 Å². The van der Waals surface area contributed by atoms with Crippen molar-refractivity contribution in [1.29, 1.82) is 0 Å². The summed E-state index contributed by atoms with van der Waals surface area (Å²) in [7, 11) is 2.22. The number of piperazine rings is 1. The van der Waals surface area contributed by atoms with Crippen LogP contribution in [-0.2, 0) is 0 Å². The van der Waals surface area contributed by atoms with E-state index < -0.39 is 0 Å². The Labute approximate surface area is 93.6 Å². The number of nitrogens with zero attached hydrogens (tertiary/aromatic N) is 2. The zero-order valence-electron chi connectivity index (χ0n) is 9.99. The Balaban J connectivity index is 1.82. The second kappa shape index (κ2) is 5.28. The van der Waals surface area contributed by atoms with E-state index in [4.69, 9.17) is 5.73 Å². The zero-order chi connectivity index (χ0) is 10.7. The molecule has 2 unspecified atom stereocenters. The van der Waals surface area contributed by atoms with Gasteiger partial charge in [0.2, 0.25) is 0 Å². The summed E-state index contributed by atoms with van der Waals surface area (Å²) in [6, 6.07) is 0.834. The lowest BCUT2D eigenvalue weighted by molar-refractivity contribution is 0.0782. The van der Waals surface area contributed by atoms with E-state index in [0.29, 0.717) is 0 Å². The normalized spacial score (nSPS) is 35.6. The van der Waals surface area contributed by atoms with Gasteiger partial charge in [0.25, 0.3) is 0 Å². The van der Waals surface area contributed by atoms with Crippen LogP contribution in [0.4, 0.5) is 0 Å². The van der Waals surface area contributed by atoms with Crippen LogP contribution in [0, 0.1) is 5.92 Å². The van der Waals surface area contributed by atoms with Crippen molar-refractivity contribution in [1.82, 2.24) is 9.80 Å². The summed E-state index contributed by atoms with van der Waals surface area (Å²) in [6.45, 7) is 5.90. The number of rotatable bonds is 2. The second-order valence-corrected chi connectivity index (χ2v) is 5.26. The quantitative estimate of drug-likeness (QED) is 0.731. The van der Waals surface area contributed by atoms with Crippen LogP contribution >= 0.6 is 0 Å². The van der Waals surface area contributed by atoms with Gasteiger partial charge in [0, 0.05) is 32.2 Å². The van der Waals surface area contributed by atoms with E-state index in [9.17, 15) is 0 Å². The standard InChI is InChI=1S/C12H25N3/c1-14-5-7-15(8-6-14)12-4-2-3-11(9-12)10-13/h11-12H,2-10,13H2,1H3. The van der Waals surface area contributed by atoms with Crippen LogP contribution in [0.5, 0.6) is 0 Å². The van der Waals surface area contributed by atoms with Crippen LogP contribution < -0.4 is 5.73 Å². The Bertz CT molecular complexity index is 187. The van der Waals surface area contributed by atoms with Crippen molar-refractivity contribution in [2.45, 2.75) is 31.7 Å². The Kier molecular flexibility index (Phi) is 4.00. The van der Waals surface area contributed by atoms with Crippen molar-refractivity contribution < 1.29 is 0 Å². The Morgan fingerprint density at radius 3 is 2.53 bits per heavy atom. The van der Waals surface area contributed by atoms with Crippen molar-refractivity contribution in [2.75, 3.05) is 39.8 Å². The SMILES string of the molecule is CN1CCN(C2CCCC(CN)C2)CC1. The minimum Gasteiger partial charge on any atom is -0.330 e. The zero-order valence-corrected chi connectivity index (χ0v) is 9.99. The smallest absolute Gasteiger partial charge is 0.0113 e. The summed E-state index contributed by atoms with van der Waals surface area (Å²) in [5, 5.41) is 0. The molecule has 0 aromatic rings. The molecule has 0 radical (unpaired) electrons. The fourth-order valence-corrected chi connectivity index (χ4v) is 3.00. The minimum absolute atomic E-state index is 0.795. The average molecular weight is 211 g/mol. The highest BCUT2D eigenvalue weighted by Crippen LogP contribution is 2.27. The van der Waals surface area contributed by atoms with E-state index >= 15 is 0 Å². The maximum atomic E-state index is 5.79. The predicted molar refractivity (Wildman–Crippen MR) is 63.9 cm³/mol. The highest BCUT2D eigenvalue weighted by atomic mass is 15.3. The molecule has 2 aliphatic rings. The molecule has 1 saturated heterocycles. The second-order valence-electron chi connectivity index (χ2n) is 5.26. The van der Waals surface area contributed by atoms with Gasteiger partial charge in [-0.25, -0.2) is 0 Å². The molecule has 0 spiro atoms. The van der Waals surface area contributed by atoms with E-state index in [0.717, 1.165) is 18.5 Å². The summed E-state index contributed by atoms with van der Waals surface area (Å²) < 4.78 is 0. The summed E-state index contributed by atoms with van der Waals surface area (Å²) in [5.74, 6) is 0.795. The van der Waals surface area contributed by atoms with Crippen molar-refractivity contribution >= 4 is 0 Å². The fraction of sp³-hybridized carbons (Fsp3) is 1.00. The molecule has 0 bridgehead atoms. The molecular weight excluding hydrogens is 186 g/mol. The molecule has 2 N–H and O–H groups in total. The molecule has 1 saturated carbocycles. The van der Waals surface area contributed by atoms with Gasteiger partial charge in [0.05, 0.1) is 0 Å². The predicted octanol–water partition coefficient (Wildman–Crippen LogP) is 0.751. The van der Waals surface area contributed by atoms with Crippen molar-refractivity contribution in [3.63, 3.8) is 0 Å². The van der Waals surface area contributed by atoms with Crippen molar-refractivity contribution in [3.05, 3.63) is 0 Å². The maximum Gasteiger partial charge on any atom is 0.0113 e. The van der Waals surface area contributed by atoms with Crippen LogP contribution in [0.1, 0.15) is 25.7 Å².